The number of nitrogens with one attached hydrogen (secondary N) is 2. The molecule has 3 aromatic rings. The summed E-state index contributed by atoms with van der Waals surface area (Å²) in [5.41, 5.74) is 1.25. The average Bonchev–Trinajstić information content (AvgIpc) is 3.19. The Morgan fingerprint density at radius 3 is 2.33 bits per heavy atom. The Labute approximate surface area is 167 Å². The molecule has 0 saturated carbocycles. The van der Waals surface area contributed by atoms with E-state index in [1.165, 1.54) is 35.6 Å². The molecule has 1 heterocycles. The van der Waals surface area contributed by atoms with Crippen molar-refractivity contribution < 1.29 is 14.0 Å². The van der Waals surface area contributed by atoms with E-state index < -0.39 is 11.7 Å². The van der Waals surface area contributed by atoms with Crippen LogP contribution >= 0.6 is 27.3 Å². The second-order valence-corrected chi connectivity index (χ2v) is 7.37. The summed E-state index contributed by atoms with van der Waals surface area (Å²) in [6.45, 7) is 0. The molecule has 7 heteroatoms. The van der Waals surface area contributed by atoms with Crippen LogP contribution in [0.5, 0.6) is 0 Å². The molecule has 2 aromatic carbocycles. The first-order valence-corrected chi connectivity index (χ1v) is 9.57. The molecule has 0 atom stereocenters. The molecule has 0 bridgehead atoms. The SMILES string of the molecule is O=C(Nc1ccc(F)cc1)C(=Cc1ccc(Br)cc1)NC(=O)c1cccs1. The zero-order chi connectivity index (χ0) is 19.2. The van der Waals surface area contributed by atoms with Gasteiger partial charge in [-0.1, -0.05) is 34.1 Å². The Kier molecular flexibility index (Phi) is 6.16. The first-order chi connectivity index (χ1) is 13.0. The molecule has 0 radical (unpaired) electrons. The maximum absolute atomic E-state index is 13.0. The van der Waals surface area contributed by atoms with Gasteiger partial charge in [0.25, 0.3) is 11.8 Å². The van der Waals surface area contributed by atoms with Crippen molar-refractivity contribution >= 4 is 50.8 Å². The summed E-state index contributed by atoms with van der Waals surface area (Å²) in [6.07, 6.45) is 1.58. The standard InChI is InChI=1S/C20H14BrFN2O2S/c21-14-5-3-13(4-6-14)12-17(24-20(26)18-2-1-11-27-18)19(25)23-16-9-7-15(22)8-10-16/h1-12H,(H,23,25)(H,24,26). The zero-order valence-electron chi connectivity index (χ0n) is 13.9. The fourth-order valence-electron chi connectivity index (χ4n) is 2.21. The van der Waals surface area contributed by atoms with Crippen LogP contribution in [0.1, 0.15) is 15.2 Å². The molecule has 2 amide bonds. The normalized spacial score (nSPS) is 11.1. The van der Waals surface area contributed by atoms with Gasteiger partial charge in [-0.3, -0.25) is 9.59 Å². The summed E-state index contributed by atoms with van der Waals surface area (Å²) >= 11 is 4.64. The number of rotatable bonds is 5. The highest BCUT2D eigenvalue weighted by atomic mass is 79.9. The van der Waals surface area contributed by atoms with Gasteiger partial charge in [0, 0.05) is 10.2 Å². The first-order valence-electron chi connectivity index (χ1n) is 7.90. The lowest BCUT2D eigenvalue weighted by Crippen LogP contribution is -2.30. The van der Waals surface area contributed by atoms with Gasteiger partial charge in [-0.05, 0) is 59.5 Å². The van der Waals surface area contributed by atoms with E-state index in [1.54, 1.807) is 23.6 Å². The van der Waals surface area contributed by atoms with Crippen molar-refractivity contribution in [3.63, 3.8) is 0 Å². The smallest absolute Gasteiger partial charge is 0.272 e. The van der Waals surface area contributed by atoms with E-state index in [4.69, 9.17) is 0 Å². The second-order valence-electron chi connectivity index (χ2n) is 5.50. The summed E-state index contributed by atoms with van der Waals surface area (Å²) in [6, 6.07) is 16.1. The van der Waals surface area contributed by atoms with Crippen LogP contribution in [0.25, 0.3) is 6.08 Å². The Balaban J connectivity index is 1.85. The van der Waals surface area contributed by atoms with Crippen LogP contribution in [-0.2, 0) is 4.79 Å². The molecule has 4 nitrogen and oxygen atoms in total. The fourth-order valence-corrected chi connectivity index (χ4v) is 3.09. The number of halogens is 2. The van der Waals surface area contributed by atoms with Crippen molar-refractivity contribution in [1.29, 1.82) is 0 Å². The summed E-state index contributed by atoms with van der Waals surface area (Å²) in [7, 11) is 0. The van der Waals surface area contributed by atoms with Crippen molar-refractivity contribution in [3.8, 4) is 0 Å². The van der Waals surface area contributed by atoms with E-state index in [-0.39, 0.29) is 11.6 Å². The number of hydrogen-bond donors (Lipinski definition) is 2. The Morgan fingerprint density at radius 1 is 1.00 bits per heavy atom. The Bertz CT molecular complexity index is 968. The maximum atomic E-state index is 13.0. The van der Waals surface area contributed by atoms with Gasteiger partial charge in [-0.25, -0.2) is 4.39 Å². The number of hydrogen-bond acceptors (Lipinski definition) is 3. The topological polar surface area (TPSA) is 58.2 Å². The van der Waals surface area contributed by atoms with Gasteiger partial charge in [0.15, 0.2) is 0 Å². The number of anilines is 1. The lowest BCUT2D eigenvalue weighted by molar-refractivity contribution is -0.113. The van der Waals surface area contributed by atoms with Gasteiger partial charge in [-0.2, -0.15) is 0 Å². The van der Waals surface area contributed by atoms with Crippen molar-refractivity contribution in [2.24, 2.45) is 0 Å². The maximum Gasteiger partial charge on any atom is 0.272 e. The lowest BCUT2D eigenvalue weighted by atomic mass is 10.2. The molecule has 2 N–H and O–H groups in total. The van der Waals surface area contributed by atoms with Gasteiger partial charge in [0.05, 0.1) is 4.88 Å². The molecule has 0 aliphatic carbocycles. The van der Waals surface area contributed by atoms with Gasteiger partial charge in [-0.15, -0.1) is 11.3 Å². The molecule has 27 heavy (non-hydrogen) atoms. The van der Waals surface area contributed by atoms with Gasteiger partial charge in [0.1, 0.15) is 11.5 Å². The number of carbonyl (C=O) groups is 2. The third-order valence-corrected chi connectivity index (χ3v) is 4.92. The van der Waals surface area contributed by atoms with E-state index in [0.717, 1.165) is 10.0 Å². The van der Waals surface area contributed by atoms with Crippen LogP contribution in [0, 0.1) is 5.82 Å². The molecule has 0 aliphatic rings. The predicted molar refractivity (Wildman–Crippen MR) is 109 cm³/mol. The molecule has 0 aliphatic heterocycles. The van der Waals surface area contributed by atoms with Crippen molar-refractivity contribution in [2.45, 2.75) is 0 Å². The van der Waals surface area contributed by atoms with Gasteiger partial charge in [0.2, 0.25) is 0 Å². The van der Waals surface area contributed by atoms with E-state index in [0.29, 0.717) is 10.6 Å². The monoisotopic (exact) mass is 444 g/mol. The van der Waals surface area contributed by atoms with Crippen molar-refractivity contribution in [3.05, 3.63) is 92.5 Å². The van der Waals surface area contributed by atoms with Crippen molar-refractivity contribution in [2.75, 3.05) is 5.32 Å². The average molecular weight is 445 g/mol. The summed E-state index contributed by atoms with van der Waals surface area (Å²) < 4.78 is 14.0. The van der Waals surface area contributed by atoms with E-state index >= 15 is 0 Å². The quantitative estimate of drug-likeness (QED) is 0.540. The Morgan fingerprint density at radius 2 is 1.70 bits per heavy atom. The molecule has 136 valence electrons. The summed E-state index contributed by atoms with van der Waals surface area (Å²) in [5, 5.41) is 7.09. The molecule has 0 saturated heterocycles. The molecule has 0 fully saturated rings. The highest BCUT2D eigenvalue weighted by Crippen LogP contribution is 2.16. The number of thiophene rings is 1. The number of benzene rings is 2. The number of amides is 2. The van der Waals surface area contributed by atoms with Crippen molar-refractivity contribution in [1.82, 2.24) is 5.32 Å². The van der Waals surface area contributed by atoms with E-state index in [2.05, 4.69) is 26.6 Å². The minimum atomic E-state index is -0.505. The zero-order valence-corrected chi connectivity index (χ0v) is 16.3. The first kappa shape index (κ1) is 19.0. The van der Waals surface area contributed by atoms with Gasteiger partial charge < -0.3 is 10.6 Å². The van der Waals surface area contributed by atoms with Crippen LogP contribution in [0.2, 0.25) is 0 Å². The lowest BCUT2D eigenvalue weighted by Gasteiger charge is -2.11. The summed E-state index contributed by atoms with van der Waals surface area (Å²) in [5.74, 6) is -1.28. The van der Waals surface area contributed by atoms with E-state index in [9.17, 15) is 14.0 Å². The van der Waals surface area contributed by atoms with Crippen LogP contribution in [0.3, 0.4) is 0 Å². The third-order valence-electron chi connectivity index (χ3n) is 3.52. The number of carbonyl (C=O) groups excluding carboxylic acids is 2. The van der Waals surface area contributed by atoms with Crippen LogP contribution < -0.4 is 10.6 Å². The predicted octanol–water partition coefficient (Wildman–Crippen LogP) is 5.06. The molecular formula is C20H14BrFN2O2S. The van der Waals surface area contributed by atoms with Gasteiger partial charge >= 0.3 is 0 Å². The Hall–Kier alpha value is -2.77. The van der Waals surface area contributed by atoms with Crippen LogP contribution in [0.15, 0.2) is 76.2 Å². The highest BCUT2D eigenvalue weighted by Gasteiger charge is 2.15. The summed E-state index contributed by atoms with van der Waals surface area (Å²) in [4.78, 5) is 25.6. The minimum Gasteiger partial charge on any atom is -0.321 e. The van der Waals surface area contributed by atoms with Crippen LogP contribution in [-0.4, -0.2) is 11.8 Å². The van der Waals surface area contributed by atoms with E-state index in [1.807, 2.05) is 24.3 Å². The third kappa shape index (κ3) is 5.35. The van der Waals surface area contributed by atoms with Crippen LogP contribution in [0.4, 0.5) is 10.1 Å². The molecule has 0 unspecified atom stereocenters. The molecular weight excluding hydrogens is 431 g/mol. The minimum absolute atomic E-state index is 0.0834. The molecule has 1 aromatic heterocycles. The fraction of sp³-hybridized carbons (Fsp3) is 0. The molecule has 0 spiro atoms. The molecule has 3 rings (SSSR count). The highest BCUT2D eigenvalue weighted by molar-refractivity contribution is 9.10. The largest absolute Gasteiger partial charge is 0.321 e. The second kappa shape index (κ2) is 8.75.